The number of hydrogen-bond donors (Lipinski definition) is 3. The highest BCUT2D eigenvalue weighted by Gasteiger charge is 2.18. The number of nitrogens with zero attached hydrogens (tertiary/aromatic N) is 1. The van der Waals surface area contributed by atoms with Gasteiger partial charge in [0.15, 0.2) is 5.96 Å². The van der Waals surface area contributed by atoms with Crippen LogP contribution in [0, 0.1) is 0 Å². The van der Waals surface area contributed by atoms with Crippen LogP contribution in [0.3, 0.4) is 0 Å². The van der Waals surface area contributed by atoms with Crippen molar-refractivity contribution in [1.82, 2.24) is 16.0 Å². The number of hydrogen-bond acceptors (Lipinski definition) is 4. The van der Waals surface area contributed by atoms with E-state index in [2.05, 4.69) is 20.9 Å². The van der Waals surface area contributed by atoms with E-state index in [4.69, 9.17) is 4.74 Å². The van der Waals surface area contributed by atoms with Crippen LogP contribution in [0.25, 0.3) is 0 Å². The lowest BCUT2D eigenvalue weighted by Crippen LogP contribution is -2.43. The monoisotopic (exact) mass is 348 g/mol. The second kappa shape index (κ2) is 9.75. The highest BCUT2D eigenvalue weighted by Crippen LogP contribution is 2.10. The molecule has 0 radical (unpaired) electrons. The number of alkyl carbamates (subject to hydrolysis) is 1. The van der Waals surface area contributed by atoms with E-state index in [0.29, 0.717) is 31.3 Å². The molecule has 0 rings (SSSR count). The third kappa shape index (κ3) is 11.9. The summed E-state index contributed by atoms with van der Waals surface area (Å²) in [5, 5.41) is 8.83. The predicted molar refractivity (Wildman–Crippen MR) is 96.4 cm³/mol. The molecule has 0 aromatic rings. The second-order valence-electron chi connectivity index (χ2n) is 7.02. The molecule has 1 unspecified atom stereocenters. The number of rotatable bonds is 6. The fourth-order valence-corrected chi connectivity index (χ4v) is 2.35. The number of aliphatic imine (C=N–C) groups is 1. The SMILES string of the molecule is CN=C(NCCNC(=O)OC(C)(C)C)NCCS(=O)C(C)(C)C. The summed E-state index contributed by atoms with van der Waals surface area (Å²) in [5.74, 6) is 1.17. The molecule has 23 heavy (non-hydrogen) atoms. The van der Waals surface area contributed by atoms with Crippen LogP contribution in [0.4, 0.5) is 4.79 Å². The maximum Gasteiger partial charge on any atom is 0.407 e. The topological polar surface area (TPSA) is 91.8 Å². The molecule has 136 valence electrons. The summed E-state index contributed by atoms with van der Waals surface area (Å²) in [4.78, 5) is 15.5. The molecule has 0 heterocycles. The molecule has 0 aliphatic rings. The van der Waals surface area contributed by atoms with Crippen LogP contribution in [0.15, 0.2) is 4.99 Å². The Bertz CT molecular complexity index is 425. The van der Waals surface area contributed by atoms with E-state index >= 15 is 0 Å². The van der Waals surface area contributed by atoms with Crippen molar-refractivity contribution in [3.05, 3.63) is 0 Å². The lowest BCUT2D eigenvalue weighted by atomic mass is 10.2. The van der Waals surface area contributed by atoms with Crippen molar-refractivity contribution in [2.45, 2.75) is 51.9 Å². The molecule has 1 amide bonds. The molecule has 0 bridgehead atoms. The minimum Gasteiger partial charge on any atom is -0.444 e. The molecule has 0 aromatic heterocycles. The predicted octanol–water partition coefficient (Wildman–Crippen LogP) is 1.22. The Kier molecular flexibility index (Phi) is 9.19. The lowest BCUT2D eigenvalue weighted by Gasteiger charge is -2.20. The summed E-state index contributed by atoms with van der Waals surface area (Å²) in [6, 6.07) is 0. The van der Waals surface area contributed by atoms with E-state index in [9.17, 15) is 9.00 Å². The lowest BCUT2D eigenvalue weighted by molar-refractivity contribution is 0.0529. The number of ether oxygens (including phenoxy) is 1. The first-order valence-electron chi connectivity index (χ1n) is 7.75. The van der Waals surface area contributed by atoms with Gasteiger partial charge in [0.05, 0.1) is 0 Å². The van der Waals surface area contributed by atoms with E-state index in [1.807, 2.05) is 41.5 Å². The Hall–Kier alpha value is -1.31. The van der Waals surface area contributed by atoms with E-state index in [1.54, 1.807) is 7.05 Å². The summed E-state index contributed by atoms with van der Waals surface area (Å²) in [6.07, 6.45) is -0.442. The first kappa shape index (κ1) is 21.7. The van der Waals surface area contributed by atoms with Crippen LogP contribution in [-0.2, 0) is 15.5 Å². The summed E-state index contributed by atoms with van der Waals surface area (Å²) in [6.45, 7) is 12.8. The van der Waals surface area contributed by atoms with Gasteiger partial charge in [-0.1, -0.05) is 0 Å². The average molecular weight is 349 g/mol. The van der Waals surface area contributed by atoms with E-state index in [0.717, 1.165) is 0 Å². The molecule has 0 aliphatic carbocycles. The molecule has 0 saturated carbocycles. The van der Waals surface area contributed by atoms with Crippen LogP contribution in [0.1, 0.15) is 41.5 Å². The van der Waals surface area contributed by atoms with Gasteiger partial charge in [0.2, 0.25) is 0 Å². The highest BCUT2D eigenvalue weighted by molar-refractivity contribution is 7.86. The second-order valence-corrected chi connectivity index (χ2v) is 9.34. The molecule has 0 fully saturated rings. The highest BCUT2D eigenvalue weighted by atomic mass is 32.2. The zero-order valence-corrected chi connectivity index (χ0v) is 16.2. The van der Waals surface area contributed by atoms with Crippen LogP contribution in [-0.4, -0.2) is 59.0 Å². The largest absolute Gasteiger partial charge is 0.444 e. The van der Waals surface area contributed by atoms with Gasteiger partial charge in [0.1, 0.15) is 5.60 Å². The zero-order valence-electron chi connectivity index (χ0n) is 15.4. The summed E-state index contributed by atoms with van der Waals surface area (Å²) in [7, 11) is 0.766. The Morgan fingerprint density at radius 3 is 2.00 bits per heavy atom. The van der Waals surface area contributed by atoms with Crippen molar-refractivity contribution in [2.75, 3.05) is 32.4 Å². The van der Waals surface area contributed by atoms with E-state index in [-0.39, 0.29) is 4.75 Å². The number of amides is 1. The Labute approximate surface area is 142 Å². The van der Waals surface area contributed by atoms with Crippen LogP contribution < -0.4 is 16.0 Å². The Balaban J connectivity index is 3.92. The van der Waals surface area contributed by atoms with E-state index in [1.165, 1.54) is 0 Å². The summed E-state index contributed by atoms with van der Waals surface area (Å²) in [5.41, 5.74) is -0.502. The number of carbonyl (C=O) groups is 1. The molecular formula is C15H32N4O3S. The molecule has 7 nitrogen and oxygen atoms in total. The fraction of sp³-hybridized carbons (Fsp3) is 0.867. The molecule has 8 heteroatoms. The minimum absolute atomic E-state index is 0.212. The van der Waals surface area contributed by atoms with Crippen LogP contribution in [0.2, 0.25) is 0 Å². The first-order valence-corrected chi connectivity index (χ1v) is 9.07. The maximum absolute atomic E-state index is 11.9. The smallest absolute Gasteiger partial charge is 0.407 e. The quantitative estimate of drug-likeness (QED) is 0.381. The minimum atomic E-state index is -0.898. The third-order valence-electron chi connectivity index (χ3n) is 2.57. The number of carbonyl (C=O) groups excluding carboxylic acids is 1. The number of guanidine groups is 1. The van der Waals surface area contributed by atoms with Crippen molar-refractivity contribution in [3.63, 3.8) is 0 Å². The fourth-order valence-electron chi connectivity index (χ4n) is 1.45. The van der Waals surface area contributed by atoms with Crippen molar-refractivity contribution < 1.29 is 13.7 Å². The third-order valence-corrected chi connectivity index (χ3v) is 4.51. The molecular weight excluding hydrogens is 316 g/mol. The normalized spacial score (nSPS) is 14.1. The van der Waals surface area contributed by atoms with Gasteiger partial charge in [-0.05, 0) is 41.5 Å². The van der Waals surface area contributed by atoms with Crippen molar-refractivity contribution in [2.24, 2.45) is 4.99 Å². The van der Waals surface area contributed by atoms with Crippen molar-refractivity contribution in [1.29, 1.82) is 0 Å². The molecule has 0 spiro atoms. The van der Waals surface area contributed by atoms with Crippen LogP contribution >= 0.6 is 0 Å². The number of nitrogens with one attached hydrogen (secondary N) is 3. The molecule has 1 atom stereocenters. The molecule has 0 saturated heterocycles. The average Bonchev–Trinajstić information content (AvgIpc) is 2.38. The first-order chi connectivity index (χ1) is 10.5. The zero-order chi connectivity index (χ0) is 18.1. The van der Waals surface area contributed by atoms with Gasteiger partial charge < -0.3 is 20.7 Å². The van der Waals surface area contributed by atoms with Gasteiger partial charge in [-0.3, -0.25) is 9.20 Å². The van der Waals surface area contributed by atoms with Gasteiger partial charge in [-0.15, -0.1) is 0 Å². The van der Waals surface area contributed by atoms with Crippen molar-refractivity contribution in [3.8, 4) is 0 Å². The van der Waals surface area contributed by atoms with Gasteiger partial charge in [0, 0.05) is 48.0 Å². The van der Waals surface area contributed by atoms with E-state index < -0.39 is 22.5 Å². The van der Waals surface area contributed by atoms with Crippen molar-refractivity contribution >= 4 is 22.9 Å². The van der Waals surface area contributed by atoms with Gasteiger partial charge in [-0.2, -0.15) is 0 Å². The van der Waals surface area contributed by atoms with Crippen LogP contribution in [0.5, 0.6) is 0 Å². The summed E-state index contributed by atoms with van der Waals surface area (Å²) < 4.78 is 16.9. The van der Waals surface area contributed by atoms with Gasteiger partial charge in [0.25, 0.3) is 0 Å². The molecule has 3 N–H and O–H groups in total. The Morgan fingerprint density at radius 1 is 1.00 bits per heavy atom. The molecule has 0 aliphatic heterocycles. The molecule has 0 aromatic carbocycles. The Morgan fingerprint density at radius 2 is 1.52 bits per heavy atom. The van der Waals surface area contributed by atoms with Gasteiger partial charge in [-0.25, -0.2) is 4.79 Å². The standard InChI is InChI=1S/C15H32N4O3S/c1-14(2,3)22-13(20)19-9-8-17-12(16-7)18-10-11-23(21)15(4,5)6/h8-11H2,1-7H3,(H,19,20)(H2,16,17,18). The summed E-state index contributed by atoms with van der Waals surface area (Å²) >= 11 is 0. The maximum atomic E-state index is 11.9. The van der Waals surface area contributed by atoms with Gasteiger partial charge >= 0.3 is 6.09 Å².